The number of hydrogen-bond acceptors (Lipinski definition) is 3. The zero-order chi connectivity index (χ0) is 14.0. The smallest absolute Gasteiger partial charge is 0.122 e. The second-order valence-electron chi connectivity index (χ2n) is 5.66. The Kier molecular flexibility index (Phi) is 4.46. The Morgan fingerprint density at radius 3 is 2.58 bits per heavy atom. The third kappa shape index (κ3) is 2.77. The molecule has 106 valence electrons. The molecule has 1 aromatic rings. The largest absolute Gasteiger partial charge is 0.496 e. The quantitative estimate of drug-likeness (QED) is 0.904. The van der Waals surface area contributed by atoms with E-state index >= 15 is 0 Å². The maximum Gasteiger partial charge on any atom is 0.122 e. The fraction of sp³-hybridized carbons (Fsp3) is 0.625. The summed E-state index contributed by atoms with van der Waals surface area (Å²) >= 11 is 2.10. The highest BCUT2D eigenvalue weighted by atomic mass is 32.2. The molecular weight excluding hydrogens is 254 g/mol. The fourth-order valence-electron chi connectivity index (χ4n) is 3.16. The lowest BCUT2D eigenvalue weighted by Gasteiger charge is -2.34. The van der Waals surface area contributed by atoms with E-state index in [9.17, 15) is 0 Å². The van der Waals surface area contributed by atoms with E-state index in [1.807, 2.05) is 0 Å². The van der Waals surface area contributed by atoms with Gasteiger partial charge in [-0.2, -0.15) is 11.8 Å². The maximum absolute atomic E-state index is 5.42. The van der Waals surface area contributed by atoms with Crippen LogP contribution in [0.2, 0.25) is 0 Å². The topological polar surface area (TPSA) is 21.3 Å². The molecule has 0 saturated carbocycles. The fourth-order valence-corrected chi connectivity index (χ4v) is 4.62. The van der Waals surface area contributed by atoms with E-state index in [2.05, 4.69) is 57.0 Å². The molecule has 0 amide bonds. The number of ether oxygens (including phenoxy) is 1. The summed E-state index contributed by atoms with van der Waals surface area (Å²) < 4.78 is 5.73. The molecule has 1 aliphatic heterocycles. The summed E-state index contributed by atoms with van der Waals surface area (Å²) in [5.41, 5.74) is 3.95. The molecule has 2 atom stereocenters. The van der Waals surface area contributed by atoms with Gasteiger partial charge in [-0.1, -0.05) is 6.07 Å². The van der Waals surface area contributed by atoms with E-state index in [0.717, 1.165) is 5.75 Å². The van der Waals surface area contributed by atoms with E-state index < -0.39 is 0 Å². The van der Waals surface area contributed by atoms with Crippen molar-refractivity contribution in [1.29, 1.82) is 0 Å². The van der Waals surface area contributed by atoms with Crippen molar-refractivity contribution in [3.63, 3.8) is 0 Å². The van der Waals surface area contributed by atoms with Crippen LogP contribution >= 0.6 is 11.8 Å². The molecule has 0 aliphatic carbocycles. The van der Waals surface area contributed by atoms with E-state index in [1.165, 1.54) is 35.3 Å². The molecule has 19 heavy (non-hydrogen) atoms. The molecule has 3 heteroatoms. The minimum absolute atomic E-state index is 0.306. The highest BCUT2D eigenvalue weighted by molar-refractivity contribution is 8.00. The van der Waals surface area contributed by atoms with E-state index in [0.29, 0.717) is 10.8 Å². The van der Waals surface area contributed by atoms with Gasteiger partial charge in [-0.3, -0.25) is 0 Å². The van der Waals surface area contributed by atoms with Crippen LogP contribution in [0.3, 0.4) is 0 Å². The van der Waals surface area contributed by atoms with E-state index in [1.54, 1.807) is 7.11 Å². The summed E-state index contributed by atoms with van der Waals surface area (Å²) in [6.07, 6.45) is 2.61. The van der Waals surface area contributed by atoms with Crippen molar-refractivity contribution in [2.75, 3.05) is 19.9 Å². The molecule has 1 aliphatic rings. The molecule has 1 fully saturated rings. The Balaban J connectivity index is 2.41. The third-order valence-electron chi connectivity index (χ3n) is 4.24. The van der Waals surface area contributed by atoms with Gasteiger partial charge in [0.15, 0.2) is 0 Å². The lowest BCUT2D eigenvalue weighted by atomic mass is 9.87. The van der Waals surface area contributed by atoms with Gasteiger partial charge in [0, 0.05) is 10.8 Å². The first-order valence-electron chi connectivity index (χ1n) is 6.98. The highest BCUT2D eigenvalue weighted by Gasteiger charge is 2.38. The molecule has 2 nitrogen and oxygen atoms in total. The summed E-state index contributed by atoms with van der Waals surface area (Å²) in [6.45, 7) is 6.70. The minimum atomic E-state index is 0.306. The number of aryl methyl sites for hydroxylation is 2. The number of thioether (sulfide) groups is 1. The van der Waals surface area contributed by atoms with E-state index in [-0.39, 0.29) is 0 Å². The van der Waals surface area contributed by atoms with Crippen LogP contribution in [0.4, 0.5) is 0 Å². The average Bonchev–Trinajstić information content (AvgIpc) is 2.81. The molecule has 2 unspecified atom stereocenters. The maximum atomic E-state index is 5.42. The van der Waals surface area contributed by atoms with Crippen LogP contribution in [-0.4, -0.2) is 24.7 Å². The third-order valence-corrected chi connectivity index (χ3v) is 5.84. The molecule has 0 radical (unpaired) electrons. The number of methoxy groups -OCH3 is 1. The Morgan fingerprint density at radius 1 is 1.32 bits per heavy atom. The molecule has 0 aromatic heterocycles. The van der Waals surface area contributed by atoms with Gasteiger partial charge in [-0.05, 0) is 69.2 Å². The van der Waals surface area contributed by atoms with Gasteiger partial charge >= 0.3 is 0 Å². The van der Waals surface area contributed by atoms with Gasteiger partial charge in [-0.15, -0.1) is 0 Å². The molecular formula is C16H25NOS. The first-order valence-corrected chi connectivity index (χ1v) is 7.97. The Labute approximate surface area is 121 Å². The van der Waals surface area contributed by atoms with Gasteiger partial charge in [0.2, 0.25) is 0 Å². The van der Waals surface area contributed by atoms with Crippen molar-refractivity contribution >= 4 is 11.8 Å². The summed E-state index contributed by atoms with van der Waals surface area (Å²) in [4.78, 5) is 0. The lowest BCUT2D eigenvalue weighted by molar-refractivity contribution is 0.408. The monoisotopic (exact) mass is 279 g/mol. The van der Waals surface area contributed by atoms with Crippen LogP contribution in [0, 0.1) is 13.8 Å². The van der Waals surface area contributed by atoms with Crippen molar-refractivity contribution in [2.24, 2.45) is 0 Å². The van der Waals surface area contributed by atoms with Crippen molar-refractivity contribution in [2.45, 2.75) is 44.4 Å². The van der Waals surface area contributed by atoms with Gasteiger partial charge < -0.3 is 10.1 Å². The van der Waals surface area contributed by atoms with Crippen molar-refractivity contribution < 1.29 is 4.74 Å². The van der Waals surface area contributed by atoms with Crippen molar-refractivity contribution in [3.8, 4) is 5.75 Å². The Bertz CT molecular complexity index is 452. The number of benzene rings is 1. The van der Waals surface area contributed by atoms with Crippen LogP contribution in [0.1, 0.15) is 42.5 Å². The van der Waals surface area contributed by atoms with Crippen LogP contribution < -0.4 is 10.1 Å². The lowest BCUT2D eigenvalue weighted by Crippen LogP contribution is -2.36. The molecule has 1 N–H and O–H groups in total. The first kappa shape index (κ1) is 14.7. The number of rotatable bonds is 4. The van der Waals surface area contributed by atoms with Gasteiger partial charge in [0.05, 0.1) is 7.11 Å². The average molecular weight is 279 g/mol. The summed E-state index contributed by atoms with van der Waals surface area (Å²) in [6, 6.07) is 4.86. The predicted molar refractivity (Wildman–Crippen MR) is 84.4 cm³/mol. The first-order chi connectivity index (χ1) is 9.01. The Morgan fingerprint density at radius 2 is 2.05 bits per heavy atom. The van der Waals surface area contributed by atoms with Crippen LogP contribution in [0.5, 0.6) is 5.75 Å². The van der Waals surface area contributed by atoms with Crippen molar-refractivity contribution in [3.05, 3.63) is 28.8 Å². The minimum Gasteiger partial charge on any atom is -0.496 e. The SMILES string of the molecule is CNC(c1cc(C)c(OC)cc1C)C1(C)CCCS1. The standard InChI is InChI=1S/C16H25NOS/c1-11-10-14(18-5)12(2)9-13(11)15(17-4)16(3)7-6-8-19-16/h9-10,15,17H,6-8H2,1-5H3. The predicted octanol–water partition coefficient (Wildman–Crippen LogP) is 3.86. The summed E-state index contributed by atoms with van der Waals surface area (Å²) in [5.74, 6) is 2.27. The van der Waals surface area contributed by atoms with Crippen LogP contribution in [0.25, 0.3) is 0 Å². The van der Waals surface area contributed by atoms with Gasteiger partial charge in [0.1, 0.15) is 5.75 Å². The molecule has 1 heterocycles. The molecule has 2 rings (SSSR count). The molecule has 1 saturated heterocycles. The highest BCUT2D eigenvalue weighted by Crippen LogP contribution is 2.47. The van der Waals surface area contributed by atoms with Crippen LogP contribution in [0.15, 0.2) is 12.1 Å². The van der Waals surface area contributed by atoms with Crippen LogP contribution in [-0.2, 0) is 0 Å². The zero-order valence-corrected chi connectivity index (χ0v) is 13.5. The summed E-state index contributed by atoms with van der Waals surface area (Å²) in [5, 5.41) is 3.54. The molecule has 0 spiro atoms. The number of nitrogens with one attached hydrogen (secondary N) is 1. The number of hydrogen-bond donors (Lipinski definition) is 1. The van der Waals surface area contributed by atoms with Gasteiger partial charge in [0.25, 0.3) is 0 Å². The Hall–Kier alpha value is -0.670. The molecule has 1 aromatic carbocycles. The molecule has 0 bridgehead atoms. The second kappa shape index (κ2) is 5.76. The van der Waals surface area contributed by atoms with Gasteiger partial charge in [-0.25, -0.2) is 0 Å². The normalized spacial score (nSPS) is 24.5. The van der Waals surface area contributed by atoms with Crippen molar-refractivity contribution in [1.82, 2.24) is 5.32 Å². The van der Waals surface area contributed by atoms with E-state index in [4.69, 9.17) is 4.74 Å². The second-order valence-corrected chi connectivity index (χ2v) is 7.29. The summed E-state index contributed by atoms with van der Waals surface area (Å²) in [7, 11) is 3.82. The zero-order valence-electron chi connectivity index (χ0n) is 12.7.